The van der Waals surface area contributed by atoms with Crippen LogP contribution in [0.5, 0.6) is 0 Å². The summed E-state index contributed by atoms with van der Waals surface area (Å²) in [6.45, 7) is 2.67. The summed E-state index contributed by atoms with van der Waals surface area (Å²) in [7, 11) is 0. The molecule has 0 radical (unpaired) electrons. The Labute approximate surface area is 156 Å². The van der Waals surface area contributed by atoms with Crippen molar-refractivity contribution < 1.29 is 9.42 Å². The maximum absolute atomic E-state index is 12.3. The zero-order chi connectivity index (χ0) is 17.1. The fourth-order valence-corrected chi connectivity index (χ4v) is 3.26. The van der Waals surface area contributed by atoms with E-state index in [2.05, 4.69) is 30.7 Å². The van der Waals surface area contributed by atoms with Crippen molar-refractivity contribution in [2.45, 2.75) is 31.8 Å². The standard InChI is InChI=1S/C17H20N6O2.ClH/c24-17(19-9-12-3-4-14-15(8-12)22-25-21-14)11-23-16(5-7-20-23)13-2-1-6-18-10-13;/h3-5,7-8,13,18H,1-2,6,9-11H2,(H,19,24);1H. The molecule has 4 rings (SSSR count). The first kappa shape index (κ1) is 18.3. The number of rotatable bonds is 5. The van der Waals surface area contributed by atoms with Gasteiger partial charge < -0.3 is 10.6 Å². The van der Waals surface area contributed by atoms with Crippen LogP contribution in [-0.4, -0.2) is 39.1 Å². The van der Waals surface area contributed by atoms with Gasteiger partial charge >= 0.3 is 0 Å². The molecule has 0 aliphatic carbocycles. The average Bonchev–Trinajstić information content (AvgIpc) is 3.29. The van der Waals surface area contributed by atoms with E-state index in [0.717, 1.165) is 37.2 Å². The lowest BCUT2D eigenvalue weighted by Crippen LogP contribution is -2.32. The fraction of sp³-hybridized carbons (Fsp3) is 0.412. The topological polar surface area (TPSA) is 97.9 Å². The molecular weight excluding hydrogens is 356 g/mol. The minimum Gasteiger partial charge on any atom is -0.350 e. The Morgan fingerprint density at radius 2 is 2.19 bits per heavy atom. The van der Waals surface area contributed by atoms with Crippen molar-refractivity contribution in [3.05, 3.63) is 41.7 Å². The van der Waals surface area contributed by atoms with Gasteiger partial charge in [0.25, 0.3) is 0 Å². The molecule has 1 aliphatic rings. The first-order chi connectivity index (χ1) is 12.3. The summed E-state index contributed by atoms with van der Waals surface area (Å²) in [6.07, 6.45) is 4.05. The van der Waals surface area contributed by atoms with Gasteiger partial charge in [-0.25, -0.2) is 4.63 Å². The van der Waals surface area contributed by atoms with Crippen molar-refractivity contribution >= 4 is 29.3 Å². The second-order valence-electron chi connectivity index (χ2n) is 6.32. The van der Waals surface area contributed by atoms with Crippen LogP contribution in [-0.2, 0) is 17.9 Å². The number of halogens is 1. The van der Waals surface area contributed by atoms with E-state index in [1.807, 2.05) is 24.3 Å². The minimum atomic E-state index is -0.0629. The van der Waals surface area contributed by atoms with Crippen LogP contribution < -0.4 is 10.6 Å². The lowest BCUT2D eigenvalue weighted by atomic mass is 9.96. The maximum atomic E-state index is 12.3. The SMILES string of the molecule is Cl.O=C(Cn1nccc1C1CCCNC1)NCc1ccc2nonc2c1. The lowest BCUT2D eigenvalue weighted by Gasteiger charge is -2.23. The number of carbonyl (C=O) groups excluding carboxylic acids is 1. The monoisotopic (exact) mass is 376 g/mol. The molecule has 1 atom stereocenters. The number of hydrogen-bond donors (Lipinski definition) is 2. The number of carbonyl (C=O) groups is 1. The number of amides is 1. The first-order valence-corrected chi connectivity index (χ1v) is 8.50. The van der Waals surface area contributed by atoms with E-state index in [0.29, 0.717) is 23.5 Å². The van der Waals surface area contributed by atoms with Gasteiger partial charge in [-0.3, -0.25) is 9.48 Å². The van der Waals surface area contributed by atoms with Crippen molar-refractivity contribution in [3.63, 3.8) is 0 Å². The molecule has 2 aromatic heterocycles. The van der Waals surface area contributed by atoms with Crippen molar-refractivity contribution in [2.24, 2.45) is 0 Å². The van der Waals surface area contributed by atoms with Gasteiger partial charge in [0.15, 0.2) is 0 Å². The highest BCUT2D eigenvalue weighted by atomic mass is 35.5. The molecule has 0 saturated carbocycles. The van der Waals surface area contributed by atoms with E-state index in [-0.39, 0.29) is 24.9 Å². The highest BCUT2D eigenvalue weighted by Crippen LogP contribution is 2.22. The number of aromatic nitrogens is 4. The van der Waals surface area contributed by atoms with E-state index in [4.69, 9.17) is 0 Å². The third-order valence-corrected chi connectivity index (χ3v) is 4.57. The van der Waals surface area contributed by atoms with E-state index in [1.54, 1.807) is 10.9 Å². The summed E-state index contributed by atoms with van der Waals surface area (Å²) in [4.78, 5) is 12.3. The molecule has 0 bridgehead atoms. The van der Waals surface area contributed by atoms with Gasteiger partial charge in [0.1, 0.15) is 17.6 Å². The number of hydrogen-bond acceptors (Lipinski definition) is 6. The maximum Gasteiger partial charge on any atom is 0.242 e. The van der Waals surface area contributed by atoms with Crippen LogP contribution in [0, 0.1) is 0 Å². The molecular formula is C17H21ClN6O2. The summed E-state index contributed by atoms with van der Waals surface area (Å²) in [5, 5.41) is 18.2. The Balaban J connectivity index is 0.00000196. The summed E-state index contributed by atoms with van der Waals surface area (Å²) in [6, 6.07) is 7.60. The molecule has 3 heterocycles. The molecule has 1 saturated heterocycles. The van der Waals surface area contributed by atoms with Gasteiger partial charge in [0, 0.05) is 30.9 Å². The average molecular weight is 377 g/mol. The van der Waals surface area contributed by atoms with Crippen LogP contribution in [0.1, 0.15) is 30.0 Å². The van der Waals surface area contributed by atoms with Gasteiger partial charge in [-0.1, -0.05) is 6.07 Å². The predicted molar refractivity (Wildman–Crippen MR) is 98.0 cm³/mol. The van der Waals surface area contributed by atoms with Crippen molar-refractivity contribution in [2.75, 3.05) is 13.1 Å². The molecule has 1 aliphatic heterocycles. The van der Waals surface area contributed by atoms with E-state index >= 15 is 0 Å². The highest BCUT2D eigenvalue weighted by molar-refractivity contribution is 5.85. The van der Waals surface area contributed by atoms with Crippen LogP contribution >= 0.6 is 12.4 Å². The zero-order valence-corrected chi connectivity index (χ0v) is 15.0. The molecule has 8 nitrogen and oxygen atoms in total. The molecule has 3 aromatic rings. The van der Waals surface area contributed by atoms with Crippen LogP contribution in [0.25, 0.3) is 11.0 Å². The summed E-state index contributed by atoms with van der Waals surface area (Å²) in [5.74, 6) is 0.359. The second kappa shape index (κ2) is 8.29. The number of benzene rings is 1. The van der Waals surface area contributed by atoms with Crippen molar-refractivity contribution in [1.82, 2.24) is 30.7 Å². The Hall–Kier alpha value is -2.45. The number of nitrogens with one attached hydrogen (secondary N) is 2. The molecule has 9 heteroatoms. The molecule has 0 spiro atoms. The van der Waals surface area contributed by atoms with E-state index < -0.39 is 0 Å². The normalized spacial score (nSPS) is 17.0. The molecule has 1 fully saturated rings. The van der Waals surface area contributed by atoms with Gasteiger partial charge in [0.05, 0.1) is 0 Å². The third-order valence-electron chi connectivity index (χ3n) is 4.57. The molecule has 2 N–H and O–H groups in total. The number of fused-ring (bicyclic) bond motifs is 1. The predicted octanol–water partition coefficient (Wildman–Crippen LogP) is 1.62. The molecule has 1 amide bonds. The van der Waals surface area contributed by atoms with Crippen LogP contribution in [0.3, 0.4) is 0 Å². The van der Waals surface area contributed by atoms with Gasteiger partial charge in [0.2, 0.25) is 5.91 Å². The Bertz CT molecular complexity index is 871. The third kappa shape index (κ3) is 4.03. The smallest absolute Gasteiger partial charge is 0.242 e. The number of nitrogens with zero attached hydrogens (tertiary/aromatic N) is 4. The Morgan fingerprint density at radius 1 is 1.31 bits per heavy atom. The van der Waals surface area contributed by atoms with E-state index in [1.165, 1.54) is 0 Å². The molecule has 138 valence electrons. The molecule has 1 aromatic carbocycles. The first-order valence-electron chi connectivity index (χ1n) is 8.50. The largest absolute Gasteiger partial charge is 0.350 e. The Kier molecular flexibility index (Phi) is 5.85. The van der Waals surface area contributed by atoms with Crippen LogP contribution in [0.15, 0.2) is 35.1 Å². The van der Waals surface area contributed by atoms with Gasteiger partial charge in [-0.15, -0.1) is 12.4 Å². The quantitative estimate of drug-likeness (QED) is 0.702. The van der Waals surface area contributed by atoms with E-state index in [9.17, 15) is 4.79 Å². The van der Waals surface area contributed by atoms with Crippen LogP contribution in [0.4, 0.5) is 0 Å². The fourth-order valence-electron chi connectivity index (χ4n) is 3.26. The zero-order valence-electron chi connectivity index (χ0n) is 14.2. The molecule has 26 heavy (non-hydrogen) atoms. The van der Waals surface area contributed by atoms with Crippen molar-refractivity contribution in [3.8, 4) is 0 Å². The second-order valence-corrected chi connectivity index (χ2v) is 6.32. The number of piperidine rings is 1. The van der Waals surface area contributed by atoms with Crippen molar-refractivity contribution in [1.29, 1.82) is 0 Å². The summed E-state index contributed by atoms with van der Waals surface area (Å²) in [5.41, 5.74) is 3.47. The lowest BCUT2D eigenvalue weighted by molar-refractivity contribution is -0.122. The summed E-state index contributed by atoms with van der Waals surface area (Å²) < 4.78 is 6.49. The summed E-state index contributed by atoms with van der Waals surface area (Å²) >= 11 is 0. The van der Waals surface area contributed by atoms with Gasteiger partial charge in [-0.2, -0.15) is 5.10 Å². The minimum absolute atomic E-state index is 0. The molecule has 1 unspecified atom stereocenters. The van der Waals surface area contributed by atoms with Crippen LogP contribution in [0.2, 0.25) is 0 Å². The highest BCUT2D eigenvalue weighted by Gasteiger charge is 2.19. The Morgan fingerprint density at radius 3 is 3.04 bits per heavy atom. The van der Waals surface area contributed by atoms with Gasteiger partial charge in [-0.05, 0) is 53.5 Å².